The summed E-state index contributed by atoms with van der Waals surface area (Å²) in [6, 6.07) is 5.18. The first-order valence-corrected chi connectivity index (χ1v) is 7.68. The van der Waals surface area contributed by atoms with Gasteiger partial charge >= 0.3 is 6.18 Å². The Morgan fingerprint density at radius 3 is 2.80 bits per heavy atom. The van der Waals surface area contributed by atoms with Crippen LogP contribution < -0.4 is 4.90 Å². The summed E-state index contributed by atoms with van der Waals surface area (Å²) in [6.07, 6.45) is -2.35. The van der Waals surface area contributed by atoms with Gasteiger partial charge in [0.05, 0.1) is 10.9 Å². The van der Waals surface area contributed by atoms with Gasteiger partial charge in [0, 0.05) is 18.4 Å². The van der Waals surface area contributed by atoms with Crippen LogP contribution in [0.3, 0.4) is 0 Å². The average molecular weight is 346 g/mol. The second-order valence-electron chi connectivity index (χ2n) is 5.91. The molecule has 2 aromatic heterocycles. The Morgan fingerprint density at radius 1 is 1.24 bits per heavy atom. The Balaban J connectivity index is 1.75. The number of fused-ring (bicyclic) bond motifs is 2. The van der Waals surface area contributed by atoms with Crippen LogP contribution in [0.4, 0.5) is 18.9 Å². The molecule has 1 amide bonds. The summed E-state index contributed by atoms with van der Waals surface area (Å²) >= 11 is 0. The molecular weight excluding hydrogens is 333 g/mol. The number of amides is 1. The lowest BCUT2D eigenvalue weighted by Gasteiger charge is -2.18. The second-order valence-corrected chi connectivity index (χ2v) is 5.91. The molecule has 0 atom stereocenters. The Morgan fingerprint density at radius 2 is 2.04 bits per heavy atom. The van der Waals surface area contributed by atoms with Crippen molar-refractivity contribution < 1.29 is 18.0 Å². The zero-order valence-electron chi connectivity index (χ0n) is 13.2. The minimum atomic E-state index is -4.40. The molecule has 0 saturated carbocycles. The average Bonchev–Trinajstić information content (AvgIpc) is 3.18. The van der Waals surface area contributed by atoms with Gasteiger partial charge in [-0.1, -0.05) is 0 Å². The summed E-state index contributed by atoms with van der Waals surface area (Å²) in [5, 5.41) is 0.593. The fourth-order valence-corrected chi connectivity index (χ4v) is 3.13. The number of aromatic nitrogens is 3. The SMILES string of the molecule is Cc1nc(C(=O)N2CCc3cc(C(F)(F)F)ccc32)c2cc[nH]c2n1. The number of nitrogens with one attached hydrogen (secondary N) is 1. The maximum atomic E-state index is 13.0. The molecule has 1 N–H and O–H groups in total. The highest BCUT2D eigenvalue weighted by Gasteiger charge is 2.34. The number of nitrogens with zero attached hydrogens (tertiary/aromatic N) is 3. The minimum Gasteiger partial charge on any atom is -0.346 e. The third-order valence-corrected chi connectivity index (χ3v) is 4.28. The number of anilines is 1. The minimum absolute atomic E-state index is 0.247. The fourth-order valence-electron chi connectivity index (χ4n) is 3.13. The predicted octanol–water partition coefficient (Wildman–Crippen LogP) is 3.49. The van der Waals surface area contributed by atoms with Gasteiger partial charge < -0.3 is 9.88 Å². The quantitative estimate of drug-likeness (QED) is 0.734. The van der Waals surface area contributed by atoms with E-state index in [0.717, 1.165) is 12.1 Å². The van der Waals surface area contributed by atoms with Crippen molar-refractivity contribution in [1.29, 1.82) is 0 Å². The molecule has 4 rings (SSSR count). The van der Waals surface area contributed by atoms with E-state index in [1.165, 1.54) is 11.0 Å². The number of carbonyl (C=O) groups excluding carboxylic acids is 1. The zero-order valence-corrected chi connectivity index (χ0v) is 13.2. The van der Waals surface area contributed by atoms with E-state index in [2.05, 4.69) is 15.0 Å². The van der Waals surface area contributed by atoms with E-state index in [1.54, 1.807) is 19.2 Å². The lowest BCUT2D eigenvalue weighted by molar-refractivity contribution is -0.137. The molecule has 1 aliphatic heterocycles. The molecule has 0 aliphatic carbocycles. The molecule has 3 aromatic rings. The van der Waals surface area contributed by atoms with Crippen LogP contribution in [-0.4, -0.2) is 27.4 Å². The van der Waals surface area contributed by atoms with Crippen LogP contribution in [0.2, 0.25) is 0 Å². The van der Waals surface area contributed by atoms with E-state index >= 15 is 0 Å². The molecule has 0 spiro atoms. The highest BCUT2D eigenvalue weighted by atomic mass is 19.4. The van der Waals surface area contributed by atoms with Crippen LogP contribution in [0.15, 0.2) is 30.5 Å². The monoisotopic (exact) mass is 346 g/mol. The zero-order chi connectivity index (χ0) is 17.8. The summed E-state index contributed by atoms with van der Waals surface area (Å²) in [6.45, 7) is 2.01. The largest absolute Gasteiger partial charge is 0.416 e. The topological polar surface area (TPSA) is 61.9 Å². The van der Waals surface area contributed by atoms with E-state index in [9.17, 15) is 18.0 Å². The van der Waals surface area contributed by atoms with Gasteiger partial charge in [0.1, 0.15) is 17.2 Å². The van der Waals surface area contributed by atoms with Crippen molar-refractivity contribution in [1.82, 2.24) is 15.0 Å². The number of hydrogen-bond donors (Lipinski definition) is 1. The van der Waals surface area contributed by atoms with E-state index < -0.39 is 11.7 Å². The maximum Gasteiger partial charge on any atom is 0.416 e. The molecule has 0 radical (unpaired) electrons. The number of aryl methyl sites for hydroxylation is 1. The first-order valence-electron chi connectivity index (χ1n) is 7.68. The van der Waals surface area contributed by atoms with E-state index in [0.29, 0.717) is 41.1 Å². The number of benzene rings is 1. The molecular formula is C17H13F3N4O. The molecule has 1 aliphatic rings. The molecule has 0 fully saturated rings. The van der Waals surface area contributed by atoms with E-state index in [1.807, 2.05) is 0 Å². The van der Waals surface area contributed by atoms with E-state index in [4.69, 9.17) is 0 Å². The first-order chi connectivity index (χ1) is 11.8. The maximum absolute atomic E-state index is 13.0. The smallest absolute Gasteiger partial charge is 0.346 e. The van der Waals surface area contributed by atoms with Crippen LogP contribution >= 0.6 is 0 Å². The van der Waals surface area contributed by atoms with Gasteiger partial charge in [0.2, 0.25) is 0 Å². The summed E-state index contributed by atoms with van der Waals surface area (Å²) in [5.41, 5.74) is 1.11. The first kappa shape index (κ1) is 15.6. The Hall–Kier alpha value is -2.90. The van der Waals surface area contributed by atoms with Crippen molar-refractivity contribution in [3.8, 4) is 0 Å². The highest BCUT2D eigenvalue weighted by molar-refractivity contribution is 6.12. The molecule has 5 nitrogen and oxygen atoms in total. The van der Waals surface area contributed by atoms with Gasteiger partial charge in [-0.05, 0) is 43.2 Å². The number of alkyl halides is 3. The van der Waals surface area contributed by atoms with Crippen molar-refractivity contribution in [2.24, 2.45) is 0 Å². The fraction of sp³-hybridized carbons (Fsp3) is 0.235. The van der Waals surface area contributed by atoms with Gasteiger partial charge in [0.25, 0.3) is 5.91 Å². The molecule has 3 heterocycles. The molecule has 1 aromatic carbocycles. The van der Waals surface area contributed by atoms with Gasteiger partial charge in [-0.2, -0.15) is 13.2 Å². The lowest BCUT2D eigenvalue weighted by atomic mass is 10.1. The van der Waals surface area contributed by atoms with Crippen molar-refractivity contribution >= 4 is 22.6 Å². The second kappa shape index (κ2) is 5.30. The Kier molecular flexibility index (Phi) is 3.31. The van der Waals surface area contributed by atoms with Crippen LogP contribution in [0.25, 0.3) is 11.0 Å². The van der Waals surface area contributed by atoms with Crippen LogP contribution in [0.5, 0.6) is 0 Å². The van der Waals surface area contributed by atoms with Gasteiger partial charge in [-0.25, -0.2) is 9.97 Å². The molecule has 25 heavy (non-hydrogen) atoms. The summed E-state index contributed by atoms with van der Waals surface area (Å²) in [5.74, 6) is 0.110. The van der Waals surface area contributed by atoms with Gasteiger partial charge in [0.15, 0.2) is 0 Å². The van der Waals surface area contributed by atoms with Crippen LogP contribution in [0, 0.1) is 6.92 Å². The normalized spacial score (nSPS) is 14.2. The number of H-pyrrole nitrogens is 1. The lowest BCUT2D eigenvalue weighted by Crippen LogP contribution is -2.30. The number of rotatable bonds is 1. The third kappa shape index (κ3) is 2.54. The van der Waals surface area contributed by atoms with Gasteiger partial charge in [-0.15, -0.1) is 0 Å². The summed E-state index contributed by atoms with van der Waals surface area (Å²) in [4.78, 5) is 25.8. The molecule has 0 bridgehead atoms. The van der Waals surface area contributed by atoms with Crippen LogP contribution in [-0.2, 0) is 12.6 Å². The molecule has 128 valence electrons. The number of hydrogen-bond acceptors (Lipinski definition) is 3. The molecule has 0 saturated heterocycles. The van der Waals surface area contributed by atoms with E-state index in [-0.39, 0.29) is 11.6 Å². The Bertz CT molecular complexity index is 993. The summed E-state index contributed by atoms with van der Waals surface area (Å²) in [7, 11) is 0. The van der Waals surface area contributed by atoms with Gasteiger partial charge in [-0.3, -0.25) is 4.79 Å². The number of carbonyl (C=O) groups is 1. The molecule has 0 unspecified atom stereocenters. The number of aromatic amines is 1. The van der Waals surface area contributed by atoms with Crippen molar-refractivity contribution in [2.45, 2.75) is 19.5 Å². The highest BCUT2D eigenvalue weighted by Crippen LogP contribution is 2.36. The van der Waals surface area contributed by atoms with Crippen LogP contribution in [0.1, 0.15) is 27.4 Å². The van der Waals surface area contributed by atoms with Crippen molar-refractivity contribution in [2.75, 3.05) is 11.4 Å². The van der Waals surface area contributed by atoms with Crippen molar-refractivity contribution in [3.05, 3.63) is 53.1 Å². The standard InChI is InChI=1S/C17H13F3N4O/c1-9-22-14(12-4-6-21-15(12)23-9)16(25)24-7-5-10-8-11(17(18,19)20)2-3-13(10)24/h2-4,6,8H,5,7H2,1H3,(H,21,22,23). The molecule has 8 heteroatoms. The Labute approximate surface area is 140 Å². The van der Waals surface area contributed by atoms with Crippen molar-refractivity contribution in [3.63, 3.8) is 0 Å². The predicted molar refractivity (Wildman–Crippen MR) is 85.5 cm³/mol. The number of halogens is 3. The third-order valence-electron chi connectivity index (χ3n) is 4.28. The summed E-state index contributed by atoms with van der Waals surface area (Å²) < 4.78 is 38.6.